The van der Waals surface area contributed by atoms with E-state index in [1.165, 1.54) is 14.1 Å². The van der Waals surface area contributed by atoms with Crippen LogP contribution in [0.3, 0.4) is 0 Å². The van der Waals surface area contributed by atoms with Gasteiger partial charge in [-0.05, 0) is 31.3 Å². The second-order valence-corrected chi connectivity index (χ2v) is 7.20. The van der Waals surface area contributed by atoms with Gasteiger partial charge < -0.3 is 5.32 Å². The number of carbonyl (C=O) groups excluding carboxylic acids is 1. The number of hydrogen-bond acceptors (Lipinski definition) is 6. The molecule has 1 aliphatic rings. The summed E-state index contributed by atoms with van der Waals surface area (Å²) in [5.41, 5.74) is 0.586. The summed E-state index contributed by atoms with van der Waals surface area (Å²) in [6.07, 6.45) is 1.92. The lowest BCUT2D eigenvalue weighted by molar-refractivity contribution is 0.0927. The van der Waals surface area contributed by atoms with Crippen molar-refractivity contribution in [2.45, 2.75) is 38.3 Å². The molecule has 1 heterocycles. The van der Waals surface area contributed by atoms with E-state index >= 15 is 0 Å². The smallest absolute Gasteiger partial charge is 0.279 e. The minimum atomic E-state index is -3.45. The Balaban J connectivity index is 1.89. The predicted molar refractivity (Wildman–Crippen MR) is 73.7 cm³/mol. The summed E-state index contributed by atoms with van der Waals surface area (Å²) >= 11 is 0. The fourth-order valence-electron chi connectivity index (χ4n) is 2.23. The van der Waals surface area contributed by atoms with Crippen molar-refractivity contribution in [1.82, 2.24) is 24.7 Å². The van der Waals surface area contributed by atoms with Gasteiger partial charge in [-0.2, -0.15) is 17.4 Å². The Hall–Kier alpha value is -1.52. The molecular weight excluding hydrogens is 298 g/mol. The Morgan fingerprint density at radius 2 is 1.95 bits per heavy atom. The zero-order valence-electron chi connectivity index (χ0n) is 12.2. The number of hydrogen-bond donors (Lipinski definition) is 2. The van der Waals surface area contributed by atoms with Gasteiger partial charge in [-0.15, -0.1) is 0 Å². The van der Waals surface area contributed by atoms with Crippen LogP contribution in [0.1, 0.15) is 35.4 Å². The van der Waals surface area contributed by atoms with Gasteiger partial charge in [-0.1, -0.05) is 5.16 Å². The van der Waals surface area contributed by atoms with Crippen LogP contribution in [-0.2, 0) is 10.2 Å². The zero-order valence-corrected chi connectivity index (χ0v) is 13.0. The quantitative estimate of drug-likeness (QED) is 0.750. The molecule has 0 radical (unpaired) electrons. The Bertz CT molecular complexity index is 612. The number of carbonyl (C=O) groups is 1. The van der Waals surface area contributed by atoms with E-state index < -0.39 is 10.2 Å². The van der Waals surface area contributed by atoms with Crippen molar-refractivity contribution in [2.24, 2.45) is 0 Å². The molecule has 118 valence electrons. The maximum absolute atomic E-state index is 12.0. The highest BCUT2D eigenvalue weighted by molar-refractivity contribution is 7.87. The lowest BCUT2D eigenvalue weighted by atomic mass is 10.2. The molecule has 0 bridgehead atoms. The van der Waals surface area contributed by atoms with Gasteiger partial charge >= 0.3 is 0 Å². The summed E-state index contributed by atoms with van der Waals surface area (Å²) in [4.78, 5) is 12.0. The summed E-state index contributed by atoms with van der Waals surface area (Å²) in [5.74, 6) is -0.352. The second kappa shape index (κ2) is 6.08. The lowest BCUT2D eigenvalue weighted by Gasteiger charge is -2.17. The molecule has 1 amide bonds. The highest BCUT2D eigenvalue weighted by Gasteiger charge is 2.30. The van der Waals surface area contributed by atoms with Crippen molar-refractivity contribution in [3.8, 4) is 0 Å². The van der Waals surface area contributed by atoms with Crippen LogP contribution < -0.4 is 10.0 Å². The Morgan fingerprint density at radius 1 is 1.29 bits per heavy atom. The summed E-state index contributed by atoms with van der Waals surface area (Å²) < 4.78 is 31.7. The highest BCUT2D eigenvalue weighted by atomic mass is 32.2. The minimum absolute atomic E-state index is 0.0940. The third kappa shape index (κ3) is 3.77. The number of aromatic nitrogens is 2. The molecular formula is C11H19N5O4S. The average Bonchev–Trinajstić information content (AvgIpc) is 2.98. The molecule has 10 heteroatoms. The van der Waals surface area contributed by atoms with E-state index in [0.717, 1.165) is 4.31 Å². The molecule has 1 aliphatic carbocycles. The fraction of sp³-hybridized carbons (Fsp3) is 0.727. The van der Waals surface area contributed by atoms with E-state index in [1.54, 1.807) is 6.92 Å². The molecule has 1 aromatic heterocycles. The number of rotatable bonds is 5. The van der Waals surface area contributed by atoms with Crippen molar-refractivity contribution in [2.75, 3.05) is 14.1 Å². The van der Waals surface area contributed by atoms with Gasteiger partial charge in [0.2, 0.25) is 0 Å². The van der Waals surface area contributed by atoms with Crippen molar-refractivity contribution >= 4 is 16.1 Å². The Kier molecular flexibility index (Phi) is 4.59. The molecule has 1 aromatic rings. The highest BCUT2D eigenvalue weighted by Crippen LogP contribution is 2.20. The van der Waals surface area contributed by atoms with Gasteiger partial charge in [0.25, 0.3) is 16.1 Å². The molecule has 9 nitrogen and oxygen atoms in total. The molecule has 1 saturated carbocycles. The average molecular weight is 317 g/mol. The third-order valence-corrected chi connectivity index (χ3v) is 5.02. The number of nitrogens with one attached hydrogen (secondary N) is 2. The summed E-state index contributed by atoms with van der Waals surface area (Å²) in [7, 11) is -0.512. The normalized spacial score (nSPS) is 22.7. The monoisotopic (exact) mass is 317 g/mol. The maximum atomic E-state index is 12.0. The van der Waals surface area contributed by atoms with Crippen LogP contribution in [0.4, 0.5) is 0 Å². The predicted octanol–water partition coefficient (Wildman–Crippen LogP) is -0.575. The molecule has 21 heavy (non-hydrogen) atoms. The second-order valence-electron chi connectivity index (χ2n) is 5.28. The molecule has 0 unspecified atom stereocenters. The topological polar surface area (TPSA) is 117 Å². The molecule has 2 rings (SSSR count). The third-order valence-electron chi connectivity index (χ3n) is 3.43. The molecule has 1 fully saturated rings. The van der Waals surface area contributed by atoms with E-state index in [1.807, 2.05) is 0 Å². The maximum Gasteiger partial charge on any atom is 0.279 e. The first kappa shape index (κ1) is 15.9. The van der Waals surface area contributed by atoms with E-state index in [2.05, 4.69) is 25.0 Å². The number of nitrogens with zero attached hydrogens (tertiary/aromatic N) is 3. The van der Waals surface area contributed by atoms with Crippen molar-refractivity contribution in [1.29, 1.82) is 0 Å². The first-order valence-corrected chi connectivity index (χ1v) is 8.03. The lowest BCUT2D eigenvalue weighted by Crippen LogP contribution is -2.42. The van der Waals surface area contributed by atoms with Crippen molar-refractivity contribution in [3.05, 3.63) is 11.4 Å². The van der Waals surface area contributed by atoms with E-state index in [-0.39, 0.29) is 23.7 Å². The zero-order chi connectivity index (χ0) is 15.6. The molecule has 0 aromatic carbocycles. The van der Waals surface area contributed by atoms with Gasteiger partial charge in [-0.25, -0.2) is 4.63 Å². The first-order valence-electron chi connectivity index (χ1n) is 6.59. The Labute approximate surface area is 123 Å². The van der Waals surface area contributed by atoms with Crippen molar-refractivity contribution < 1.29 is 17.8 Å². The van der Waals surface area contributed by atoms with Crippen LogP contribution in [-0.4, -0.2) is 55.1 Å². The van der Waals surface area contributed by atoms with Gasteiger partial charge in [0.05, 0.1) is 0 Å². The fourth-order valence-corrected chi connectivity index (χ4v) is 3.07. The number of aryl methyl sites for hydroxylation is 1. The van der Waals surface area contributed by atoms with Crippen LogP contribution in [0.15, 0.2) is 4.63 Å². The van der Waals surface area contributed by atoms with E-state index in [4.69, 9.17) is 0 Å². The van der Waals surface area contributed by atoms with E-state index in [9.17, 15) is 13.2 Å². The molecule has 0 aliphatic heterocycles. The molecule has 0 saturated heterocycles. The molecule has 0 spiro atoms. The minimum Gasteiger partial charge on any atom is -0.348 e. The van der Waals surface area contributed by atoms with Gasteiger partial charge in [0.15, 0.2) is 5.69 Å². The summed E-state index contributed by atoms with van der Waals surface area (Å²) in [6.45, 7) is 1.63. The van der Waals surface area contributed by atoms with Crippen LogP contribution >= 0.6 is 0 Å². The van der Waals surface area contributed by atoms with Gasteiger partial charge in [-0.3, -0.25) is 4.79 Å². The van der Waals surface area contributed by atoms with Gasteiger partial charge in [0.1, 0.15) is 5.69 Å². The largest absolute Gasteiger partial charge is 0.348 e. The number of amides is 1. The summed E-state index contributed by atoms with van der Waals surface area (Å²) in [6, 6.07) is -0.275. The van der Waals surface area contributed by atoms with Crippen LogP contribution in [0, 0.1) is 6.92 Å². The van der Waals surface area contributed by atoms with Crippen LogP contribution in [0.25, 0.3) is 0 Å². The SMILES string of the molecule is Cc1nonc1C(=O)N[C@H]1CC[C@@H](NS(=O)(=O)N(C)C)C1. The van der Waals surface area contributed by atoms with Gasteiger partial charge in [0, 0.05) is 26.2 Å². The van der Waals surface area contributed by atoms with Crippen molar-refractivity contribution in [3.63, 3.8) is 0 Å². The first-order chi connectivity index (χ1) is 9.79. The van der Waals surface area contributed by atoms with Crippen LogP contribution in [0.5, 0.6) is 0 Å². The van der Waals surface area contributed by atoms with E-state index in [0.29, 0.717) is 25.0 Å². The standard InChI is InChI=1S/C11H19N5O4S/c1-7-10(14-20-13-7)11(17)12-8-4-5-9(6-8)15-21(18,19)16(2)3/h8-9,15H,4-6H2,1-3H3,(H,12,17)/t8-,9+/m0/s1. The van der Waals surface area contributed by atoms with Crippen LogP contribution in [0.2, 0.25) is 0 Å². The molecule has 2 atom stereocenters. The Morgan fingerprint density at radius 3 is 2.52 bits per heavy atom. The summed E-state index contributed by atoms with van der Waals surface area (Å²) in [5, 5.41) is 9.91. The molecule has 2 N–H and O–H groups in total.